The van der Waals surface area contributed by atoms with E-state index >= 15 is 0 Å². The van der Waals surface area contributed by atoms with Crippen LogP contribution in [-0.2, 0) is 19.1 Å². The second-order valence-electron chi connectivity index (χ2n) is 13.4. The van der Waals surface area contributed by atoms with Crippen LogP contribution in [0.3, 0.4) is 0 Å². The molecule has 2 saturated carbocycles. The van der Waals surface area contributed by atoms with Crippen LogP contribution < -0.4 is 14.8 Å². The van der Waals surface area contributed by atoms with E-state index in [9.17, 15) is 14.4 Å². The van der Waals surface area contributed by atoms with Crippen LogP contribution >= 0.6 is 0 Å². The lowest BCUT2D eigenvalue weighted by atomic mass is 9.92. The predicted molar refractivity (Wildman–Crippen MR) is 178 cm³/mol. The summed E-state index contributed by atoms with van der Waals surface area (Å²) in [5, 5.41) is 3.92. The van der Waals surface area contributed by atoms with Gasteiger partial charge in [0.2, 0.25) is 11.8 Å². The van der Waals surface area contributed by atoms with Gasteiger partial charge in [0.05, 0.1) is 42.5 Å². The molecule has 1 aromatic carbocycles. The summed E-state index contributed by atoms with van der Waals surface area (Å²) in [4.78, 5) is 52.6. The number of ether oxygens (including phenoxy) is 3. The van der Waals surface area contributed by atoms with Gasteiger partial charge < -0.3 is 24.4 Å². The molecule has 0 unspecified atom stereocenters. The monoisotopic (exact) mass is 642 g/mol. The summed E-state index contributed by atoms with van der Waals surface area (Å²) >= 11 is 0. The standard InChI is InChI=1S/C37H46N4O6/c1-6-46-36(44)37-21-24(37)13-9-7-8-10-17-41(4)35(43)28-19-25(18-27(28)34(42)40-37)47-32-20-30(29-14-11-12-22(2)38-29)39-33-23(3)31(45-5)16-15-26(32)33/h11-12,14-16,20,24-25,27-28H,6-10,13,17-19,21H2,1-5H3,(H,40,42)/t24-,25-,27-,28-,37-/m1/s1. The maximum absolute atomic E-state index is 14.1. The number of benzene rings is 1. The van der Waals surface area contributed by atoms with Gasteiger partial charge in [0.1, 0.15) is 23.1 Å². The van der Waals surface area contributed by atoms with Crippen molar-refractivity contribution in [1.29, 1.82) is 0 Å². The topological polar surface area (TPSA) is 120 Å². The molecule has 5 atom stereocenters. The molecule has 1 saturated heterocycles. The second-order valence-corrected chi connectivity index (χ2v) is 13.4. The number of carbonyl (C=O) groups is 3. The molecular formula is C37H46N4O6. The Kier molecular flexibility index (Phi) is 9.39. The van der Waals surface area contributed by atoms with Gasteiger partial charge in [-0.05, 0) is 83.1 Å². The third-order valence-corrected chi connectivity index (χ3v) is 10.2. The van der Waals surface area contributed by atoms with Crippen molar-refractivity contribution in [2.75, 3.05) is 27.3 Å². The highest BCUT2D eigenvalue weighted by atomic mass is 16.5. The number of nitrogens with zero attached hydrogens (tertiary/aromatic N) is 3. The van der Waals surface area contributed by atoms with Gasteiger partial charge in [0, 0.05) is 36.3 Å². The van der Waals surface area contributed by atoms with Gasteiger partial charge in [-0.2, -0.15) is 0 Å². The first kappa shape index (κ1) is 32.7. The molecule has 3 aromatic rings. The van der Waals surface area contributed by atoms with E-state index in [1.54, 1.807) is 18.9 Å². The summed E-state index contributed by atoms with van der Waals surface area (Å²) in [6, 6.07) is 11.5. The minimum Gasteiger partial charge on any atom is -0.496 e. The Morgan fingerprint density at radius 2 is 1.79 bits per heavy atom. The molecule has 1 aliphatic heterocycles. The van der Waals surface area contributed by atoms with Crippen LogP contribution in [0.2, 0.25) is 0 Å². The molecule has 3 fully saturated rings. The lowest BCUT2D eigenvalue weighted by molar-refractivity contribution is -0.150. The van der Waals surface area contributed by atoms with Crippen molar-refractivity contribution in [1.82, 2.24) is 20.2 Å². The van der Waals surface area contributed by atoms with Crippen LogP contribution in [0.15, 0.2) is 36.4 Å². The van der Waals surface area contributed by atoms with E-state index in [1.165, 1.54) is 0 Å². The van der Waals surface area contributed by atoms with E-state index in [0.717, 1.165) is 65.7 Å². The van der Waals surface area contributed by atoms with Crippen LogP contribution in [0.1, 0.15) is 69.5 Å². The number of amides is 2. The summed E-state index contributed by atoms with van der Waals surface area (Å²) in [6.07, 6.45) is 5.68. The van der Waals surface area contributed by atoms with E-state index < -0.39 is 23.5 Å². The fraction of sp³-hybridized carbons (Fsp3) is 0.541. The molecule has 6 rings (SSSR count). The molecule has 2 aliphatic carbocycles. The van der Waals surface area contributed by atoms with Gasteiger partial charge in [-0.25, -0.2) is 9.78 Å². The second kappa shape index (κ2) is 13.5. The first-order valence-electron chi connectivity index (χ1n) is 17.0. The van der Waals surface area contributed by atoms with Crippen molar-refractivity contribution < 1.29 is 28.6 Å². The van der Waals surface area contributed by atoms with Crippen LogP contribution in [0.5, 0.6) is 11.5 Å². The van der Waals surface area contributed by atoms with E-state index in [1.807, 2.05) is 57.3 Å². The van der Waals surface area contributed by atoms with Gasteiger partial charge in [0.25, 0.3) is 0 Å². The largest absolute Gasteiger partial charge is 0.496 e. The van der Waals surface area contributed by atoms with Crippen molar-refractivity contribution in [3.8, 4) is 22.9 Å². The molecule has 1 N–H and O–H groups in total. The van der Waals surface area contributed by atoms with Crippen LogP contribution in [0.25, 0.3) is 22.3 Å². The summed E-state index contributed by atoms with van der Waals surface area (Å²) < 4.78 is 17.8. The van der Waals surface area contributed by atoms with E-state index in [2.05, 4.69) is 5.32 Å². The van der Waals surface area contributed by atoms with Crippen molar-refractivity contribution in [2.24, 2.45) is 17.8 Å². The molecule has 10 heteroatoms. The summed E-state index contributed by atoms with van der Waals surface area (Å²) in [5.74, 6) is -0.542. The highest BCUT2D eigenvalue weighted by Crippen LogP contribution is 2.49. The maximum Gasteiger partial charge on any atom is 0.332 e. The minimum absolute atomic E-state index is 0.0517. The van der Waals surface area contributed by atoms with Crippen molar-refractivity contribution in [3.63, 3.8) is 0 Å². The third kappa shape index (κ3) is 6.51. The van der Waals surface area contributed by atoms with E-state index in [4.69, 9.17) is 24.2 Å². The third-order valence-electron chi connectivity index (χ3n) is 10.2. The lowest BCUT2D eigenvalue weighted by Crippen LogP contribution is -2.50. The number of methoxy groups -OCH3 is 1. The van der Waals surface area contributed by atoms with Gasteiger partial charge >= 0.3 is 5.97 Å². The SMILES string of the molecule is CCOC(=O)[C@@]12C[C@H]1CCCCCCN(C)C(=O)[C@@H]1C[C@H](Oc3cc(-c4cccc(C)n4)nc4c(C)c(OC)ccc34)C[C@H]1C(=O)N2. The summed E-state index contributed by atoms with van der Waals surface area (Å²) in [6.45, 7) is 6.58. The zero-order valence-corrected chi connectivity index (χ0v) is 28.1. The molecule has 250 valence electrons. The molecule has 0 bridgehead atoms. The van der Waals surface area contributed by atoms with Crippen molar-refractivity contribution in [3.05, 3.63) is 47.7 Å². The first-order valence-corrected chi connectivity index (χ1v) is 17.0. The number of esters is 1. The van der Waals surface area contributed by atoms with Crippen molar-refractivity contribution >= 4 is 28.7 Å². The number of pyridine rings is 2. The normalized spacial score (nSPS) is 26.5. The lowest BCUT2D eigenvalue weighted by Gasteiger charge is -2.26. The summed E-state index contributed by atoms with van der Waals surface area (Å²) in [5.41, 5.74) is 2.86. The molecule has 2 aromatic heterocycles. The zero-order chi connectivity index (χ0) is 33.3. The highest BCUT2D eigenvalue weighted by molar-refractivity contribution is 5.95. The molecule has 3 heterocycles. The van der Waals surface area contributed by atoms with Crippen LogP contribution in [-0.4, -0.2) is 71.6 Å². The van der Waals surface area contributed by atoms with E-state index in [-0.39, 0.29) is 30.3 Å². The Morgan fingerprint density at radius 1 is 1.00 bits per heavy atom. The molecule has 0 spiro atoms. The van der Waals surface area contributed by atoms with E-state index in [0.29, 0.717) is 37.3 Å². The maximum atomic E-state index is 14.1. The number of aromatic nitrogens is 2. The highest BCUT2D eigenvalue weighted by Gasteiger charge is 2.62. The van der Waals surface area contributed by atoms with Crippen molar-refractivity contribution in [2.45, 2.75) is 83.8 Å². The van der Waals surface area contributed by atoms with Gasteiger partial charge in [-0.15, -0.1) is 0 Å². The number of nitrogens with one attached hydrogen (secondary N) is 1. The van der Waals surface area contributed by atoms with Crippen LogP contribution in [0.4, 0.5) is 0 Å². The number of aryl methyl sites for hydroxylation is 2. The number of hydrogen-bond donors (Lipinski definition) is 1. The Labute approximate surface area is 276 Å². The number of fused-ring (bicyclic) bond motifs is 3. The number of hydrogen-bond acceptors (Lipinski definition) is 8. The number of rotatable bonds is 6. The molecular weight excluding hydrogens is 596 g/mol. The fourth-order valence-electron chi connectivity index (χ4n) is 7.54. The Hall–Kier alpha value is -4.21. The average Bonchev–Trinajstić information content (AvgIpc) is 3.59. The van der Waals surface area contributed by atoms with Gasteiger partial charge in [0.15, 0.2) is 0 Å². The van der Waals surface area contributed by atoms with Gasteiger partial charge in [-0.1, -0.05) is 25.3 Å². The smallest absolute Gasteiger partial charge is 0.332 e. The molecule has 10 nitrogen and oxygen atoms in total. The number of carbonyl (C=O) groups excluding carboxylic acids is 3. The first-order chi connectivity index (χ1) is 22.6. The minimum atomic E-state index is -1.01. The average molecular weight is 643 g/mol. The Bertz CT molecular complexity index is 1680. The molecule has 2 amide bonds. The van der Waals surface area contributed by atoms with Gasteiger partial charge in [-0.3, -0.25) is 14.6 Å². The Balaban J connectivity index is 1.34. The predicted octanol–water partition coefficient (Wildman–Crippen LogP) is 5.56. The molecule has 47 heavy (non-hydrogen) atoms. The quantitative estimate of drug-likeness (QED) is 0.348. The van der Waals surface area contributed by atoms with Crippen LogP contribution in [0, 0.1) is 31.6 Å². The molecule has 0 radical (unpaired) electrons. The zero-order valence-electron chi connectivity index (χ0n) is 28.1. The molecule has 3 aliphatic rings. The summed E-state index contributed by atoms with van der Waals surface area (Å²) in [7, 11) is 3.46. The Morgan fingerprint density at radius 3 is 2.55 bits per heavy atom. The fourth-order valence-corrected chi connectivity index (χ4v) is 7.54.